The lowest BCUT2D eigenvalue weighted by molar-refractivity contribution is -0.310. The molecule has 0 atom stereocenters. The minimum atomic E-state index is -1.16. The van der Waals surface area contributed by atoms with Crippen LogP contribution in [0.15, 0.2) is 24.3 Å². The van der Waals surface area contributed by atoms with Crippen LogP contribution >= 0.6 is 11.6 Å². The maximum absolute atomic E-state index is 10.7. The van der Waals surface area contributed by atoms with Gasteiger partial charge in [-0.3, -0.25) is 0 Å². The summed E-state index contributed by atoms with van der Waals surface area (Å²) < 4.78 is 0. The summed E-state index contributed by atoms with van der Waals surface area (Å²) in [4.78, 5) is 10.7. The molecular weight excluding hydrogens is 202 g/mol. The van der Waals surface area contributed by atoms with Crippen LogP contribution in [0.4, 0.5) is 5.69 Å². The summed E-state index contributed by atoms with van der Waals surface area (Å²) in [5.74, 6) is -1.16. The number of aliphatic carboxylic acids is 1. The highest BCUT2D eigenvalue weighted by molar-refractivity contribution is 6.30. The van der Waals surface area contributed by atoms with Crippen LogP contribution in [0.3, 0.4) is 0 Å². The Hall–Kier alpha value is -1.22. The van der Waals surface area contributed by atoms with E-state index in [-0.39, 0.29) is 0 Å². The molecule has 0 saturated heterocycles. The molecule has 0 fully saturated rings. The van der Waals surface area contributed by atoms with Crippen LogP contribution in [0.1, 0.15) is 13.8 Å². The van der Waals surface area contributed by atoms with Crippen LogP contribution in [0.25, 0.3) is 0 Å². The van der Waals surface area contributed by atoms with Crippen molar-refractivity contribution in [3.05, 3.63) is 29.3 Å². The Kier molecular flexibility index (Phi) is 3.01. The summed E-state index contributed by atoms with van der Waals surface area (Å²) in [6, 6.07) is 6.87. The van der Waals surface area contributed by atoms with Crippen LogP contribution in [0.5, 0.6) is 0 Å². The van der Waals surface area contributed by atoms with Crippen molar-refractivity contribution in [2.75, 3.05) is 5.32 Å². The van der Waals surface area contributed by atoms with Crippen LogP contribution in [-0.4, -0.2) is 11.5 Å². The van der Waals surface area contributed by atoms with Crippen molar-refractivity contribution in [1.82, 2.24) is 0 Å². The van der Waals surface area contributed by atoms with E-state index in [0.29, 0.717) is 10.7 Å². The second-order valence-corrected chi connectivity index (χ2v) is 3.98. The zero-order valence-electron chi connectivity index (χ0n) is 8.00. The van der Waals surface area contributed by atoms with Crippen molar-refractivity contribution in [2.45, 2.75) is 19.4 Å². The van der Waals surface area contributed by atoms with Gasteiger partial charge in [0.25, 0.3) is 0 Å². The van der Waals surface area contributed by atoms with E-state index in [1.165, 1.54) is 13.8 Å². The first-order valence-electron chi connectivity index (χ1n) is 4.17. The Bertz CT molecular complexity index is 350. The fraction of sp³-hybridized carbons (Fsp3) is 0.300. The van der Waals surface area contributed by atoms with Gasteiger partial charge in [0, 0.05) is 10.7 Å². The Balaban J connectivity index is 2.83. The molecule has 0 bridgehead atoms. The molecule has 0 aromatic heterocycles. The number of carboxylic acid groups (broad SMARTS) is 1. The first-order chi connectivity index (χ1) is 6.42. The molecule has 0 aliphatic heterocycles. The molecule has 1 N–H and O–H groups in total. The van der Waals surface area contributed by atoms with E-state index < -0.39 is 11.5 Å². The van der Waals surface area contributed by atoms with Gasteiger partial charge in [0.2, 0.25) is 0 Å². The van der Waals surface area contributed by atoms with Gasteiger partial charge < -0.3 is 15.2 Å². The number of hydrogen-bond donors (Lipinski definition) is 1. The van der Waals surface area contributed by atoms with Gasteiger partial charge in [-0.15, -0.1) is 0 Å². The quantitative estimate of drug-likeness (QED) is 0.821. The van der Waals surface area contributed by atoms with E-state index >= 15 is 0 Å². The fourth-order valence-corrected chi connectivity index (χ4v) is 1.17. The number of nitrogens with one attached hydrogen (secondary N) is 1. The number of anilines is 1. The third-order valence-corrected chi connectivity index (χ3v) is 2.03. The SMILES string of the molecule is CC(C)(Nc1cccc(Cl)c1)C(=O)[O-]. The van der Waals surface area contributed by atoms with Gasteiger partial charge in [0.1, 0.15) is 0 Å². The normalized spacial score (nSPS) is 11.1. The van der Waals surface area contributed by atoms with Gasteiger partial charge in [0.15, 0.2) is 0 Å². The zero-order chi connectivity index (χ0) is 10.8. The molecule has 76 valence electrons. The van der Waals surface area contributed by atoms with E-state index in [9.17, 15) is 9.90 Å². The number of carbonyl (C=O) groups excluding carboxylic acids is 1. The van der Waals surface area contributed by atoms with Crippen molar-refractivity contribution in [3.8, 4) is 0 Å². The highest BCUT2D eigenvalue weighted by atomic mass is 35.5. The lowest BCUT2D eigenvalue weighted by Gasteiger charge is -2.28. The number of carboxylic acids is 1. The number of halogens is 1. The number of rotatable bonds is 3. The minimum absolute atomic E-state index is 0.559. The lowest BCUT2D eigenvalue weighted by Crippen LogP contribution is -2.49. The summed E-state index contributed by atoms with van der Waals surface area (Å²) in [6.45, 7) is 3.06. The molecule has 0 spiro atoms. The summed E-state index contributed by atoms with van der Waals surface area (Å²) in [6.07, 6.45) is 0. The zero-order valence-corrected chi connectivity index (χ0v) is 8.76. The fourth-order valence-electron chi connectivity index (χ4n) is 0.978. The Labute approximate surface area is 87.7 Å². The Morgan fingerprint density at radius 1 is 1.50 bits per heavy atom. The molecule has 0 aliphatic rings. The van der Waals surface area contributed by atoms with Crippen LogP contribution < -0.4 is 10.4 Å². The lowest BCUT2D eigenvalue weighted by atomic mass is 10.1. The van der Waals surface area contributed by atoms with E-state index in [2.05, 4.69) is 5.32 Å². The van der Waals surface area contributed by atoms with E-state index in [0.717, 1.165) is 0 Å². The van der Waals surface area contributed by atoms with Gasteiger partial charge in [-0.1, -0.05) is 17.7 Å². The number of benzene rings is 1. The minimum Gasteiger partial charge on any atom is -0.548 e. The molecule has 4 heteroatoms. The molecule has 0 unspecified atom stereocenters. The highest BCUT2D eigenvalue weighted by Gasteiger charge is 2.18. The molecule has 14 heavy (non-hydrogen) atoms. The summed E-state index contributed by atoms with van der Waals surface area (Å²) in [5.41, 5.74) is -0.447. The topological polar surface area (TPSA) is 52.2 Å². The van der Waals surface area contributed by atoms with Crippen molar-refractivity contribution in [2.24, 2.45) is 0 Å². The second kappa shape index (κ2) is 3.88. The van der Waals surface area contributed by atoms with Gasteiger partial charge in [0.05, 0.1) is 11.5 Å². The average Bonchev–Trinajstić information content (AvgIpc) is 2.02. The molecule has 1 aromatic rings. The number of hydrogen-bond acceptors (Lipinski definition) is 3. The molecule has 0 amide bonds. The molecule has 1 aromatic carbocycles. The molecule has 1 rings (SSSR count). The molecular formula is C10H11ClNO2-. The Morgan fingerprint density at radius 2 is 2.14 bits per heavy atom. The van der Waals surface area contributed by atoms with E-state index in [4.69, 9.17) is 11.6 Å². The predicted molar refractivity (Wildman–Crippen MR) is 54.2 cm³/mol. The summed E-state index contributed by atoms with van der Waals surface area (Å²) in [7, 11) is 0. The van der Waals surface area contributed by atoms with Crippen molar-refractivity contribution in [1.29, 1.82) is 0 Å². The molecule has 0 saturated carbocycles. The van der Waals surface area contributed by atoms with E-state index in [1.807, 2.05) is 0 Å². The first-order valence-corrected chi connectivity index (χ1v) is 4.55. The largest absolute Gasteiger partial charge is 0.548 e. The summed E-state index contributed by atoms with van der Waals surface area (Å²) in [5, 5.41) is 14.1. The van der Waals surface area contributed by atoms with Crippen LogP contribution in [0, 0.1) is 0 Å². The third-order valence-electron chi connectivity index (χ3n) is 1.79. The summed E-state index contributed by atoms with van der Waals surface area (Å²) >= 11 is 5.75. The second-order valence-electron chi connectivity index (χ2n) is 3.55. The predicted octanol–water partition coefficient (Wildman–Crippen LogP) is 1.28. The third kappa shape index (κ3) is 2.64. The highest BCUT2D eigenvalue weighted by Crippen LogP contribution is 2.18. The van der Waals surface area contributed by atoms with Gasteiger partial charge in [-0.25, -0.2) is 0 Å². The molecule has 0 aliphatic carbocycles. The molecule has 3 nitrogen and oxygen atoms in total. The Morgan fingerprint density at radius 3 is 2.64 bits per heavy atom. The monoisotopic (exact) mass is 212 g/mol. The molecule has 0 radical (unpaired) electrons. The van der Waals surface area contributed by atoms with Gasteiger partial charge in [-0.05, 0) is 32.0 Å². The molecule has 0 heterocycles. The van der Waals surface area contributed by atoms with Crippen LogP contribution in [-0.2, 0) is 4.79 Å². The average molecular weight is 213 g/mol. The van der Waals surface area contributed by atoms with Crippen LogP contribution in [0.2, 0.25) is 5.02 Å². The smallest absolute Gasteiger partial charge is 0.0713 e. The van der Waals surface area contributed by atoms with Crippen molar-refractivity contribution >= 4 is 23.3 Å². The van der Waals surface area contributed by atoms with Gasteiger partial charge in [-0.2, -0.15) is 0 Å². The van der Waals surface area contributed by atoms with E-state index in [1.54, 1.807) is 24.3 Å². The standard InChI is InChI=1S/C10H12ClNO2/c1-10(2,9(13)14)12-8-5-3-4-7(11)6-8/h3-6,12H,1-2H3,(H,13,14)/p-1. The van der Waals surface area contributed by atoms with Gasteiger partial charge >= 0.3 is 0 Å². The maximum Gasteiger partial charge on any atom is 0.0713 e. The maximum atomic E-state index is 10.7. The number of carbonyl (C=O) groups is 1. The van der Waals surface area contributed by atoms with Crippen molar-refractivity contribution < 1.29 is 9.90 Å². The van der Waals surface area contributed by atoms with Crippen molar-refractivity contribution in [3.63, 3.8) is 0 Å². The first kappa shape index (κ1) is 10.9.